The second kappa shape index (κ2) is 7.25. The van der Waals surface area contributed by atoms with Crippen molar-refractivity contribution in [1.29, 1.82) is 0 Å². The molecule has 0 fully saturated rings. The van der Waals surface area contributed by atoms with Crippen molar-refractivity contribution in [3.8, 4) is 0 Å². The molecule has 0 aromatic heterocycles. The lowest BCUT2D eigenvalue weighted by Gasteiger charge is -2.12. The molecule has 0 aliphatic rings. The Hall–Kier alpha value is -1.61. The summed E-state index contributed by atoms with van der Waals surface area (Å²) in [5, 5.41) is 9.37. The van der Waals surface area contributed by atoms with Crippen LogP contribution in [0.1, 0.15) is 17.5 Å². The molecule has 1 atom stereocenters. The molecule has 2 aromatic rings. The number of carboxylic acid groups (broad SMARTS) is 1. The predicted molar refractivity (Wildman–Crippen MR) is 83.7 cm³/mol. The number of rotatable bonds is 6. The molecule has 2 rings (SSSR count). The largest absolute Gasteiger partial charge is 0.481 e. The Bertz CT molecular complexity index is 566. The van der Waals surface area contributed by atoms with Crippen molar-refractivity contribution in [3.63, 3.8) is 0 Å². The first-order chi connectivity index (χ1) is 9.65. The number of carbonyl (C=O) groups is 1. The van der Waals surface area contributed by atoms with Crippen LogP contribution in [0.25, 0.3) is 0 Å². The zero-order valence-corrected chi connectivity index (χ0v) is 12.7. The Balaban J connectivity index is 1.99. The van der Waals surface area contributed by atoms with E-state index in [4.69, 9.17) is 0 Å². The third-order valence-corrected chi connectivity index (χ3v) is 3.84. The number of benzene rings is 2. The number of halogens is 1. The molecule has 2 aromatic carbocycles. The highest BCUT2D eigenvalue weighted by Crippen LogP contribution is 2.19. The number of aliphatic carboxylic acids is 1. The Labute approximate surface area is 127 Å². The topological polar surface area (TPSA) is 37.3 Å². The van der Waals surface area contributed by atoms with Crippen molar-refractivity contribution in [2.45, 2.75) is 19.3 Å². The second-order valence-electron chi connectivity index (χ2n) is 4.89. The van der Waals surface area contributed by atoms with E-state index >= 15 is 0 Å². The quantitative estimate of drug-likeness (QED) is 0.855. The van der Waals surface area contributed by atoms with Crippen molar-refractivity contribution in [1.82, 2.24) is 0 Å². The minimum absolute atomic E-state index is 0.343. The van der Waals surface area contributed by atoms with Crippen LogP contribution in [0, 0.1) is 5.92 Å². The van der Waals surface area contributed by atoms with Gasteiger partial charge in [-0.25, -0.2) is 0 Å². The van der Waals surface area contributed by atoms with Gasteiger partial charge in [-0.3, -0.25) is 4.79 Å². The summed E-state index contributed by atoms with van der Waals surface area (Å²) in [5.41, 5.74) is 2.24. The molecule has 2 nitrogen and oxygen atoms in total. The first-order valence-electron chi connectivity index (χ1n) is 6.66. The molecule has 1 unspecified atom stereocenters. The van der Waals surface area contributed by atoms with Crippen molar-refractivity contribution in [2.75, 3.05) is 0 Å². The Morgan fingerprint density at radius 3 is 2.40 bits per heavy atom. The lowest BCUT2D eigenvalue weighted by molar-refractivity contribution is -0.141. The van der Waals surface area contributed by atoms with E-state index in [1.165, 1.54) is 5.56 Å². The summed E-state index contributed by atoms with van der Waals surface area (Å²) >= 11 is 3.42. The number of hydrogen-bond donors (Lipinski definition) is 1. The summed E-state index contributed by atoms with van der Waals surface area (Å²) in [7, 11) is 0. The van der Waals surface area contributed by atoms with Crippen LogP contribution < -0.4 is 0 Å². The minimum atomic E-state index is -0.721. The molecular weight excluding hydrogens is 316 g/mol. The van der Waals surface area contributed by atoms with Gasteiger partial charge in [0, 0.05) is 4.47 Å². The maximum atomic E-state index is 11.4. The fourth-order valence-electron chi connectivity index (χ4n) is 2.25. The molecule has 0 saturated carbocycles. The Morgan fingerprint density at radius 2 is 1.75 bits per heavy atom. The van der Waals surface area contributed by atoms with Crippen LogP contribution >= 0.6 is 15.9 Å². The van der Waals surface area contributed by atoms with Gasteiger partial charge in [0.2, 0.25) is 0 Å². The summed E-state index contributed by atoms with van der Waals surface area (Å²) in [6, 6.07) is 17.9. The molecular formula is C17H17BrO2. The standard InChI is InChI=1S/C17H17BrO2/c18-16-8-4-7-14(12-16)11-15(17(19)20)10-9-13-5-2-1-3-6-13/h1-8,12,15H,9-11H2,(H,19,20). The van der Waals surface area contributed by atoms with Gasteiger partial charge in [0.15, 0.2) is 0 Å². The van der Waals surface area contributed by atoms with E-state index in [0.29, 0.717) is 12.8 Å². The molecule has 0 saturated heterocycles. The molecule has 0 amide bonds. The van der Waals surface area contributed by atoms with Crippen LogP contribution in [-0.4, -0.2) is 11.1 Å². The molecule has 0 aliphatic heterocycles. The fraction of sp³-hybridized carbons (Fsp3) is 0.235. The summed E-state index contributed by atoms with van der Waals surface area (Å²) in [5.74, 6) is -1.06. The number of carboxylic acids is 1. The van der Waals surface area contributed by atoms with Crippen LogP contribution in [0.15, 0.2) is 59.1 Å². The molecule has 0 radical (unpaired) electrons. The zero-order valence-electron chi connectivity index (χ0n) is 11.1. The summed E-state index contributed by atoms with van der Waals surface area (Å²) in [6.07, 6.45) is 2.03. The third-order valence-electron chi connectivity index (χ3n) is 3.34. The average Bonchev–Trinajstić information content (AvgIpc) is 2.44. The van der Waals surface area contributed by atoms with Gasteiger partial charge in [-0.2, -0.15) is 0 Å². The Kier molecular flexibility index (Phi) is 5.36. The zero-order chi connectivity index (χ0) is 14.4. The van der Waals surface area contributed by atoms with Crippen LogP contribution in [0.3, 0.4) is 0 Å². The smallest absolute Gasteiger partial charge is 0.306 e. The normalized spacial score (nSPS) is 12.1. The summed E-state index contributed by atoms with van der Waals surface area (Å²) in [6.45, 7) is 0. The molecule has 3 heteroatoms. The van der Waals surface area contributed by atoms with Crippen LogP contribution in [0.4, 0.5) is 0 Å². The molecule has 0 bridgehead atoms. The van der Waals surface area contributed by atoms with Crippen LogP contribution in [0.2, 0.25) is 0 Å². The monoisotopic (exact) mass is 332 g/mol. The van der Waals surface area contributed by atoms with Gasteiger partial charge in [-0.15, -0.1) is 0 Å². The molecule has 0 aliphatic carbocycles. The summed E-state index contributed by atoms with van der Waals surface area (Å²) in [4.78, 5) is 11.4. The lowest BCUT2D eigenvalue weighted by atomic mass is 9.93. The molecule has 104 valence electrons. The van der Waals surface area contributed by atoms with E-state index < -0.39 is 5.97 Å². The van der Waals surface area contributed by atoms with E-state index in [2.05, 4.69) is 15.9 Å². The number of hydrogen-bond acceptors (Lipinski definition) is 1. The van der Waals surface area contributed by atoms with Gasteiger partial charge in [0.05, 0.1) is 5.92 Å². The van der Waals surface area contributed by atoms with Crippen molar-refractivity contribution >= 4 is 21.9 Å². The number of aryl methyl sites for hydroxylation is 1. The maximum Gasteiger partial charge on any atom is 0.306 e. The Morgan fingerprint density at radius 1 is 1.05 bits per heavy atom. The van der Waals surface area contributed by atoms with Gasteiger partial charge in [-0.1, -0.05) is 58.4 Å². The van der Waals surface area contributed by atoms with Gasteiger partial charge >= 0.3 is 5.97 Å². The van der Waals surface area contributed by atoms with Crippen molar-refractivity contribution in [2.24, 2.45) is 5.92 Å². The fourth-order valence-corrected chi connectivity index (χ4v) is 2.69. The highest BCUT2D eigenvalue weighted by molar-refractivity contribution is 9.10. The van der Waals surface area contributed by atoms with E-state index in [1.54, 1.807) is 0 Å². The van der Waals surface area contributed by atoms with Gasteiger partial charge in [0.25, 0.3) is 0 Å². The van der Waals surface area contributed by atoms with Crippen molar-refractivity contribution < 1.29 is 9.90 Å². The van der Waals surface area contributed by atoms with Crippen LogP contribution in [0.5, 0.6) is 0 Å². The van der Waals surface area contributed by atoms with Gasteiger partial charge in [-0.05, 0) is 42.5 Å². The van der Waals surface area contributed by atoms with E-state index in [-0.39, 0.29) is 5.92 Å². The SMILES string of the molecule is O=C(O)C(CCc1ccccc1)Cc1cccc(Br)c1. The van der Waals surface area contributed by atoms with Crippen LogP contribution in [-0.2, 0) is 17.6 Å². The van der Waals surface area contributed by atoms with E-state index in [1.807, 2.05) is 54.6 Å². The highest BCUT2D eigenvalue weighted by Gasteiger charge is 2.18. The molecule has 0 spiro atoms. The molecule has 0 heterocycles. The highest BCUT2D eigenvalue weighted by atomic mass is 79.9. The average molecular weight is 333 g/mol. The van der Waals surface area contributed by atoms with Gasteiger partial charge < -0.3 is 5.11 Å². The molecule has 20 heavy (non-hydrogen) atoms. The van der Waals surface area contributed by atoms with Gasteiger partial charge in [0.1, 0.15) is 0 Å². The lowest BCUT2D eigenvalue weighted by Crippen LogP contribution is -2.17. The second-order valence-corrected chi connectivity index (χ2v) is 5.81. The first kappa shape index (κ1) is 14.8. The van der Waals surface area contributed by atoms with E-state index in [0.717, 1.165) is 16.5 Å². The van der Waals surface area contributed by atoms with Crippen molar-refractivity contribution in [3.05, 3.63) is 70.2 Å². The predicted octanol–water partition coefficient (Wildman–Crippen LogP) is 4.33. The first-order valence-corrected chi connectivity index (χ1v) is 7.45. The third kappa shape index (κ3) is 4.49. The summed E-state index contributed by atoms with van der Waals surface area (Å²) < 4.78 is 0.988. The minimum Gasteiger partial charge on any atom is -0.481 e. The molecule has 1 N–H and O–H groups in total. The van der Waals surface area contributed by atoms with E-state index in [9.17, 15) is 9.90 Å². The maximum absolute atomic E-state index is 11.4.